The summed E-state index contributed by atoms with van der Waals surface area (Å²) in [6.07, 6.45) is 0.864. The Labute approximate surface area is 167 Å². The number of nitrogens with one attached hydrogen (secondary N) is 1. The van der Waals surface area contributed by atoms with E-state index in [0.29, 0.717) is 21.7 Å². The summed E-state index contributed by atoms with van der Waals surface area (Å²) in [6, 6.07) is 1.43. The Bertz CT molecular complexity index is 907. The van der Waals surface area contributed by atoms with E-state index in [1.165, 1.54) is 15.8 Å². The van der Waals surface area contributed by atoms with Gasteiger partial charge in [-0.2, -0.15) is 9.94 Å². The number of aryl methyl sites for hydroxylation is 1. The zero-order chi connectivity index (χ0) is 21.1. The Balaban J connectivity index is 2.24. The van der Waals surface area contributed by atoms with Crippen molar-refractivity contribution in [2.24, 2.45) is 0 Å². The highest BCUT2D eigenvalue weighted by atomic mass is 32.1. The van der Waals surface area contributed by atoms with E-state index in [1.807, 2.05) is 6.07 Å². The summed E-state index contributed by atoms with van der Waals surface area (Å²) >= 11 is 1.13. The van der Waals surface area contributed by atoms with Gasteiger partial charge in [-0.15, -0.1) is 5.10 Å². The number of nitrogens with zero attached hydrogens (tertiary/aromatic N) is 6. The van der Waals surface area contributed by atoms with Gasteiger partial charge in [0.2, 0.25) is 5.13 Å². The fourth-order valence-electron chi connectivity index (χ4n) is 2.23. The van der Waals surface area contributed by atoms with Crippen LogP contribution in [-0.4, -0.2) is 55.8 Å². The monoisotopic (exact) mass is 405 g/mol. The molecule has 28 heavy (non-hydrogen) atoms. The smallest absolute Gasteiger partial charge is 0.408 e. The van der Waals surface area contributed by atoms with Crippen LogP contribution in [-0.2, 0) is 4.74 Å². The molecule has 0 saturated carbocycles. The van der Waals surface area contributed by atoms with Crippen molar-refractivity contribution < 1.29 is 14.3 Å². The van der Waals surface area contributed by atoms with Crippen LogP contribution < -0.4 is 5.32 Å². The fourth-order valence-corrected chi connectivity index (χ4v) is 3.10. The van der Waals surface area contributed by atoms with Crippen LogP contribution in [0.3, 0.4) is 0 Å². The Hall–Kier alpha value is -3.00. The zero-order valence-corrected chi connectivity index (χ0v) is 17.5. The standard InChI is InChI=1S/C17H23N7O3S/c1-10(20-16(26)27-17(3,4)5)13-21-11(2)22-24(13)15-19-9-12(28-15)14(25)23(6)8-7-18/h9-10H,8H2,1-6H3,(H,20,26)/t10-/m0/s1. The first-order valence-corrected chi connectivity index (χ1v) is 9.35. The molecule has 0 aliphatic rings. The van der Waals surface area contributed by atoms with E-state index < -0.39 is 17.7 Å². The van der Waals surface area contributed by atoms with E-state index in [0.717, 1.165) is 11.3 Å². The van der Waals surface area contributed by atoms with Crippen LogP contribution in [0.25, 0.3) is 5.13 Å². The van der Waals surface area contributed by atoms with Gasteiger partial charge in [0.25, 0.3) is 5.91 Å². The molecule has 1 atom stereocenters. The predicted molar refractivity (Wildman–Crippen MR) is 102 cm³/mol. The molecule has 150 valence electrons. The van der Waals surface area contributed by atoms with Crippen molar-refractivity contribution in [1.82, 2.24) is 30.0 Å². The average molecular weight is 405 g/mol. The molecule has 0 spiro atoms. The summed E-state index contributed by atoms with van der Waals surface area (Å²) in [5, 5.41) is 16.2. The Morgan fingerprint density at radius 1 is 1.46 bits per heavy atom. The molecular formula is C17H23N7O3S. The van der Waals surface area contributed by atoms with Crippen molar-refractivity contribution >= 4 is 23.3 Å². The van der Waals surface area contributed by atoms with E-state index in [9.17, 15) is 9.59 Å². The van der Waals surface area contributed by atoms with Gasteiger partial charge in [-0.1, -0.05) is 11.3 Å². The summed E-state index contributed by atoms with van der Waals surface area (Å²) < 4.78 is 6.76. The molecule has 1 N–H and O–H groups in total. The van der Waals surface area contributed by atoms with Crippen molar-refractivity contribution in [3.05, 3.63) is 22.7 Å². The van der Waals surface area contributed by atoms with Crippen LogP contribution in [0.5, 0.6) is 0 Å². The molecule has 10 nitrogen and oxygen atoms in total. The van der Waals surface area contributed by atoms with Gasteiger partial charge >= 0.3 is 6.09 Å². The van der Waals surface area contributed by atoms with Crippen LogP contribution in [0.4, 0.5) is 4.79 Å². The average Bonchev–Trinajstić information content (AvgIpc) is 3.18. The lowest BCUT2D eigenvalue weighted by atomic mass is 10.2. The molecule has 0 fully saturated rings. The topological polar surface area (TPSA) is 126 Å². The maximum absolute atomic E-state index is 12.3. The summed E-state index contributed by atoms with van der Waals surface area (Å²) in [4.78, 5) is 34.6. The van der Waals surface area contributed by atoms with E-state index in [2.05, 4.69) is 20.4 Å². The van der Waals surface area contributed by atoms with Crippen molar-refractivity contribution in [2.45, 2.75) is 46.3 Å². The number of amides is 2. The molecule has 0 unspecified atom stereocenters. The molecule has 11 heteroatoms. The summed E-state index contributed by atoms with van der Waals surface area (Å²) in [6.45, 7) is 8.80. The summed E-state index contributed by atoms with van der Waals surface area (Å²) in [5.74, 6) is 0.656. The summed E-state index contributed by atoms with van der Waals surface area (Å²) in [5.41, 5.74) is -0.618. The molecule has 2 amide bonds. The van der Waals surface area contributed by atoms with Crippen molar-refractivity contribution in [3.63, 3.8) is 0 Å². The van der Waals surface area contributed by atoms with E-state index in [1.54, 1.807) is 41.7 Å². The number of alkyl carbamates (subject to hydrolysis) is 1. The molecule has 2 heterocycles. The van der Waals surface area contributed by atoms with Gasteiger partial charge in [0.15, 0.2) is 5.82 Å². The third-order valence-corrected chi connectivity index (χ3v) is 4.36. The lowest BCUT2D eigenvalue weighted by Gasteiger charge is -2.21. The molecule has 2 aromatic rings. The van der Waals surface area contributed by atoms with Gasteiger partial charge in [0.05, 0.1) is 18.3 Å². The molecule has 0 aliphatic heterocycles. The second-order valence-corrected chi connectivity index (χ2v) is 8.13. The van der Waals surface area contributed by atoms with Crippen LogP contribution in [0.15, 0.2) is 6.20 Å². The number of thiazole rings is 1. The van der Waals surface area contributed by atoms with Crippen LogP contribution >= 0.6 is 11.3 Å². The highest BCUT2D eigenvalue weighted by Gasteiger charge is 2.24. The van der Waals surface area contributed by atoms with E-state index >= 15 is 0 Å². The fraction of sp³-hybridized carbons (Fsp3) is 0.529. The number of rotatable bonds is 5. The normalized spacial score (nSPS) is 12.2. The van der Waals surface area contributed by atoms with Crippen molar-refractivity contribution in [3.8, 4) is 11.2 Å². The first-order chi connectivity index (χ1) is 13.0. The highest BCUT2D eigenvalue weighted by Crippen LogP contribution is 2.22. The van der Waals surface area contributed by atoms with Crippen molar-refractivity contribution in [2.75, 3.05) is 13.6 Å². The lowest BCUT2D eigenvalue weighted by Crippen LogP contribution is -2.34. The number of carbonyl (C=O) groups is 2. The minimum absolute atomic E-state index is 0.0173. The molecule has 0 aromatic carbocycles. The molecule has 2 rings (SSSR count). The van der Waals surface area contributed by atoms with Gasteiger partial charge in [0.1, 0.15) is 22.8 Å². The molecule has 0 bridgehead atoms. The largest absolute Gasteiger partial charge is 0.444 e. The number of carbonyl (C=O) groups excluding carboxylic acids is 2. The minimum atomic E-state index is -0.618. The molecular weight excluding hydrogens is 382 g/mol. The van der Waals surface area contributed by atoms with Crippen molar-refractivity contribution in [1.29, 1.82) is 5.26 Å². The quantitative estimate of drug-likeness (QED) is 0.756. The Morgan fingerprint density at radius 2 is 2.14 bits per heavy atom. The zero-order valence-electron chi connectivity index (χ0n) is 16.7. The molecule has 0 aliphatic carbocycles. The van der Waals surface area contributed by atoms with Crippen LogP contribution in [0.1, 0.15) is 55.1 Å². The molecule has 2 aromatic heterocycles. The number of hydrogen-bond acceptors (Lipinski definition) is 8. The lowest BCUT2D eigenvalue weighted by molar-refractivity contribution is 0.0505. The van der Waals surface area contributed by atoms with E-state index in [4.69, 9.17) is 10.00 Å². The van der Waals surface area contributed by atoms with Gasteiger partial charge in [-0.25, -0.2) is 14.8 Å². The Morgan fingerprint density at radius 3 is 2.75 bits per heavy atom. The minimum Gasteiger partial charge on any atom is -0.444 e. The number of nitriles is 1. The maximum Gasteiger partial charge on any atom is 0.408 e. The third kappa shape index (κ3) is 5.26. The van der Waals surface area contributed by atoms with Gasteiger partial charge in [-0.3, -0.25) is 4.79 Å². The maximum atomic E-state index is 12.3. The SMILES string of the molecule is Cc1nc([C@H](C)NC(=O)OC(C)(C)C)n(-c2ncc(C(=O)N(C)CC#N)s2)n1. The molecule has 0 radical (unpaired) electrons. The molecule has 0 saturated heterocycles. The number of aromatic nitrogens is 4. The first-order valence-electron chi connectivity index (χ1n) is 8.53. The number of hydrogen-bond donors (Lipinski definition) is 1. The summed E-state index contributed by atoms with van der Waals surface area (Å²) in [7, 11) is 1.54. The number of ether oxygens (including phenoxy) is 1. The van der Waals surface area contributed by atoms with Crippen LogP contribution in [0.2, 0.25) is 0 Å². The van der Waals surface area contributed by atoms with Gasteiger partial charge < -0.3 is 15.0 Å². The van der Waals surface area contributed by atoms with Gasteiger partial charge in [-0.05, 0) is 34.6 Å². The van der Waals surface area contributed by atoms with E-state index in [-0.39, 0.29) is 12.5 Å². The second kappa shape index (κ2) is 8.35. The third-order valence-electron chi connectivity index (χ3n) is 3.40. The first kappa shape index (κ1) is 21.3. The van der Waals surface area contributed by atoms with Gasteiger partial charge in [0, 0.05) is 7.05 Å². The predicted octanol–water partition coefficient (Wildman–Crippen LogP) is 2.21. The van der Waals surface area contributed by atoms with Crippen LogP contribution in [0, 0.1) is 18.3 Å². The Kier molecular flexibility index (Phi) is 6.35. The highest BCUT2D eigenvalue weighted by molar-refractivity contribution is 7.16. The second-order valence-electron chi connectivity index (χ2n) is 7.12.